The number of halogens is 2. The molecule has 0 saturated heterocycles. The summed E-state index contributed by atoms with van der Waals surface area (Å²) in [7, 11) is 0. The fourth-order valence-electron chi connectivity index (χ4n) is 2.22. The molecule has 25 heavy (non-hydrogen) atoms. The third-order valence-corrected chi connectivity index (χ3v) is 4.22. The first-order chi connectivity index (χ1) is 12.0. The molecule has 2 aromatic carbocycles. The smallest absolute Gasteiger partial charge is 0.261 e. The molecule has 0 aliphatic rings. The van der Waals surface area contributed by atoms with Crippen LogP contribution in [0.5, 0.6) is 5.75 Å². The fraction of sp³-hybridized carbons (Fsp3) is 0.316. The number of nitrogens with one attached hydrogen (secondary N) is 1. The maximum absolute atomic E-state index is 13.1. The van der Waals surface area contributed by atoms with Crippen LogP contribution < -0.4 is 10.1 Å². The van der Waals surface area contributed by atoms with Gasteiger partial charge < -0.3 is 14.8 Å². The average Bonchev–Trinajstić information content (AvgIpc) is 2.60. The van der Waals surface area contributed by atoms with Crippen molar-refractivity contribution in [2.24, 2.45) is 0 Å². The SMILES string of the molecule is CCOCc1ccccc1CNC(=O)C(C)Oc1ccc(F)cc1Br. The molecule has 4 nitrogen and oxygen atoms in total. The number of carbonyl (C=O) groups excluding carboxylic acids is 1. The lowest BCUT2D eigenvalue weighted by Crippen LogP contribution is -2.36. The number of carbonyl (C=O) groups is 1. The molecule has 0 aliphatic heterocycles. The Labute approximate surface area is 155 Å². The van der Waals surface area contributed by atoms with Gasteiger partial charge in [-0.1, -0.05) is 24.3 Å². The number of hydrogen-bond acceptors (Lipinski definition) is 3. The van der Waals surface area contributed by atoms with Gasteiger partial charge in [0, 0.05) is 13.2 Å². The maximum Gasteiger partial charge on any atom is 0.261 e. The summed E-state index contributed by atoms with van der Waals surface area (Å²) in [5.74, 6) is -0.203. The van der Waals surface area contributed by atoms with E-state index < -0.39 is 6.10 Å². The maximum atomic E-state index is 13.1. The Morgan fingerprint density at radius 2 is 1.96 bits per heavy atom. The van der Waals surface area contributed by atoms with Crippen LogP contribution in [0.2, 0.25) is 0 Å². The van der Waals surface area contributed by atoms with Crippen LogP contribution >= 0.6 is 15.9 Å². The van der Waals surface area contributed by atoms with E-state index in [1.165, 1.54) is 18.2 Å². The molecule has 0 bridgehead atoms. The summed E-state index contributed by atoms with van der Waals surface area (Å²) in [5.41, 5.74) is 2.04. The Morgan fingerprint density at radius 1 is 1.24 bits per heavy atom. The van der Waals surface area contributed by atoms with Crippen LogP contribution in [-0.2, 0) is 22.7 Å². The Kier molecular flexibility index (Phi) is 7.40. The van der Waals surface area contributed by atoms with Gasteiger partial charge in [0.1, 0.15) is 11.6 Å². The summed E-state index contributed by atoms with van der Waals surface area (Å²) in [5, 5.41) is 2.86. The Hall–Kier alpha value is -1.92. The van der Waals surface area contributed by atoms with Gasteiger partial charge in [-0.3, -0.25) is 4.79 Å². The second-order valence-corrected chi connectivity index (χ2v) is 6.31. The topological polar surface area (TPSA) is 47.6 Å². The highest BCUT2D eigenvalue weighted by Crippen LogP contribution is 2.26. The molecule has 2 rings (SSSR count). The zero-order chi connectivity index (χ0) is 18.2. The minimum absolute atomic E-state index is 0.248. The lowest BCUT2D eigenvalue weighted by atomic mass is 10.1. The highest BCUT2D eigenvalue weighted by atomic mass is 79.9. The molecular weight excluding hydrogens is 389 g/mol. The molecule has 1 atom stereocenters. The Balaban J connectivity index is 1.93. The van der Waals surface area contributed by atoms with Crippen molar-refractivity contribution in [1.29, 1.82) is 0 Å². The molecule has 0 aromatic heterocycles. The first-order valence-electron chi connectivity index (χ1n) is 8.05. The summed E-state index contributed by atoms with van der Waals surface area (Å²) in [6, 6.07) is 11.9. The molecule has 0 saturated carbocycles. The second-order valence-electron chi connectivity index (χ2n) is 5.46. The van der Waals surface area contributed by atoms with Crippen molar-refractivity contribution >= 4 is 21.8 Å². The molecule has 0 aliphatic carbocycles. The number of ether oxygens (including phenoxy) is 2. The summed E-state index contributed by atoms with van der Waals surface area (Å²) in [6.07, 6.45) is -0.708. The first-order valence-corrected chi connectivity index (χ1v) is 8.84. The van der Waals surface area contributed by atoms with E-state index in [0.29, 0.717) is 30.0 Å². The van der Waals surface area contributed by atoms with Crippen molar-refractivity contribution < 1.29 is 18.7 Å². The van der Waals surface area contributed by atoms with Crippen LogP contribution in [0.3, 0.4) is 0 Å². The summed E-state index contributed by atoms with van der Waals surface area (Å²) >= 11 is 3.22. The summed E-state index contributed by atoms with van der Waals surface area (Å²) in [6.45, 7) is 5.13. The molecule has 1 unspecified atom stereocenters. The summed E-state index contributed by atoms with van der Waals surface area (Å²) < 4.78 is 24.6. The van der Waals surface area contributed by atoms with Gasteiger partial charge in [0.15, 0.2) is 6.10 Å². The van der Waals surface area contributed by atoms with E-state index in [1.54, 1.807) is 6.92 Å². The van der Waals surface area contributed by atoms with Crippen molar-refractivity contribution in [3.63, 3.8) is 0 Å². The van der Waals surface area contributed by atoms with Crippen LogP contribution in [0.25, 0.3) is 0 Å². The van der Waals surface area contributed by atoms with Crippen LogP contribution in [0, 0.1) is 5.82 Å². The molecule has 0 heterocycles. The third kappa shape index (κ3) is 5.83. The van der Waals surface area contributed by atoms with Crippen LogP contribution in [0.15, 0.2) is 46.9 Å². The number of benzene rings is 2. The number of hydrogen-bond donors (Lipinski definition) is 1. The van der Waals surface area contributed by atoms with Gasteiger partial charge in [-0.25, -0.2) is 4.39 Å². The van der Waals surface area contributed by atoms with Gasteiger partial charge in [0.2, 0.25) is 0 Å². The standard InChI is InChI=1S/C19H21BrFNO3/c1-3-24-12-15-7-5-4-6-14(15)11-22-19(23)13(2)25-18-9-8-16(21)10-17(18)20/h4-10,13H,3,11-12H2,1-2H3,(H,22,23). The van der Waals surface area contributed by atoms with E-state index in [1.807, 2.05) is 31.2 Å². The van der Waals surface area contributed by atoms with Crippen molar-refractivity contribution in [2.45, 2.75) is 33.1 Å². The highest BCUT2D eigenvalue weighted by Gasteiger charge is 2.16. The number of amides is 1. The van der Waals surface area contributed by atoms with E-state index in [4.69, 9.17) is 9.47 Å². The zero-order valence-electron chi connectivity index (χ0n) is 14.2. The average molecular weight is 410 g/mol. The lowest BCUT2D eigenvalue weighted by Gasteiger charge is -2.16. The van der Waals surface area contributed by atoms with E-state index in [0.717, 1.165) is 11.1 Å². The van der Waals surface area contributed by atoms with Gasteiger partial charge in [-0.05, 0) is 59.1 Å². The summed E-state index contributed by atoms with van der Waals surface area (Å²) in [4.78, 5) is 12.3. The van der Waals surface area contributed by atoms with E-state index in [2.05, 4.69) is 21.2 Å². The zero-order valence-corrected chi connectivity index (χ0v) is 15.8. The van der Waals surface area contributed by atoms with Crippen LogP contribution in [-0.4, -0.2) is 18.6 Å². The van der Waals surface area contributed by atoms with Crippen molar-refractivity contribution in [1.82, 2.24) is 5.32 Å². The van der Waals surface area contributed by atoms with Crippen LogP contribution in [0.1, 0.15) is 25.0 Å². The largest absolute Gasteiger partial charge is 0.480 e. The molecule has 0 spiro atoms. The minimum atomic E-state index is -0.708. The van der Waals surface area contributed by atoms with Gasteiger partial charge >= 0.3 is 0 Å². The Morgan fingerprint density at radius 3 is 2.64 bits per heavy atom. The fourth-order valence-corrected chi connectivity index (χ4v) is 2.67. The quantitative estimate of drug-likeness (QED) is 0.710. The van der Waals surface area contributed by atoms with E-state index in [-0.39, 0.29) is 11.7 Å². The van der Waals surface area contributed by atoms with Gasteiger partial charge in [-0.15, -0.1) is 0 Å². The molecule has 0 fully saturated rings. The van der Waals surface area contributed by atoms with Crippen molar-refractivity contribution in [3.05, 3.63) is 63.9 Å². The monoisotopic (exact) mass is 409 g/mol. The predicted octanol–water partition coefficient (Wildman–Crippen LogP) is 4.21. The number of rotatable bonds is 8. The van der Waals surface area contributed by atoms with Crippen molar-refractivity contribution in [2.75, 3.05) is 6.61 Å². The third-order valence-electron chi connectivity index (χ3n) is 3.60. The molecule has 0 radical (unpaired) electrons. The van der Waals surface area contributed by atoms with Crippen LogP contribution in [0.4, 0.5) is 4.39 Å². The van der Waals surface area contributed by atoms with Crippen molar-refractivity contribution in [3.8, 4) is 5.75 Å². The normalized spacial score (nSPS) is 11.8. The highest BCUT2D eigenvalue weighted by molar-refractivity contribution is 9.10. The molecule has 134 valence electrons. The second kappa shape index (κ2) is 9.53. The Bertz CT molecular complexity index is 724. The first kappa shape index (κ1) is 19.4. The van der Waals surface area contributed by atoms with Gasteiger partial charge in [0.05, 0.1) is 11.1 Å². The van der Waals surface area contributed by atoms with Gasteiger partial charge in [0.25, 0.3) is 5.91 Å². The van der Waals surface area contributed by atoms with E-state index in [9.17, 15) is 9.18 Å². The van der Waals surface area contributed by atoms with E-state index >= 15 is 0 Å². The van der Waals surface area contributed by atoms with Gasteiger partial charge in [-0.2, -0.15) is 0 Å². The molecule has 6 heteroatoms. The molecule has 1 N–H and O–H groups in total. The molecular formula is C19H21BrFNO3. The molecule has 2 aromatic rings. The minimum Gasteiger partial charge on any atom is -0.480 e. The lowest BCUT2D eigenvalue weighted by molar-refractivity contribution is -0.127. The molecule has 1 amide bonds. The predicted molar refractivity (Wildman–Crippen MR) is 97.8 cm³/mol.